The number of halogens is 1. The first-order valence-corrected chi connectivity index (χ1v) is 10.1. The molecule has 0 aliphatic carbocycles. The third-order valence-corrected chi connectivity index (χ3v) is 4.94. The van der Waals surface area contributed by atoms with Crippen molar-refractivity contribution in [2.75, 3.05) is 13.7 Å². The lowest BCUT2D eigenvalue weighted by molar-refractivity contribution is -0.686. The fourth-order valence-corrected chi connectivity index (χ4v) is 3.20. The van der Waals surface area contributed by atoms with Gasteiger partial charge >= 0.3 is 0 Å². The van der Waals surface area contributed by atoms with E-state index in [1.54, 1.807) is 7.11 Å². The van der Waals surface area contributed by atoms with E-state index in [1.807, 2.05) is 49.4 Å². The van der Waals surface area contributed by atoms with Crippen molar-refractivity contribution < 1.29 is 19.5 Å². The van der Waals surface area contributed by atoms with Crippen molar-refractivity contribution in [3.05, 3.63) is 88.4 Å². The summed E-state index contributed by atoms with van der Waals surface area (Å²) in [5.74, 6) is 2.36. The molecule has 0 fully saturated rings. The van der Waals surface area contributed by atoms with Crippen molar-refractivity contribution in [1.29, 1.82) is 0 Å². The largest absolute Gasteiger partial charge is 0.497 e. The van der Waals surface area contributed by atoms with E-state index < -0.39 is 0 Å². The predicted octanol–water partition coefficient (Wildman–Crippen LogP) is 4.59. The summed E-state index contributed by atoms with van der Waals surface area (Å²) >= 11 is 6.22. The number of quaternary nitrogens is 1. The monoisotopic (exact) mass is 412 g/mol. The van der Waals surface area contributed by atoms with E-state index >= 15 is 0 Å². The molecule has 0 aromatic heterocycles. The lowest BCUT2D eigenvalue weighted by atomic mass is 10.1. The molecule has 0 aliphatic heterocycles. The molecule has 0 saturated carbocycles. The molecule has 0 unspecified atom stereocenters. The minimum absolute atomic E-state index is 0.405. The first-order valence-electron chi connectivity index (χ1n) is 9.76. The van der Waals surface area contributed by atoms with E-state index in [2.05, 4.69) is 29.6 Å². The van der Waals surface area contributed by atoms with Gasteiger partial charge in [0.2, 0.25) is 0 Å². The molecule has 0 spiro atoms. The molecule has 0 heterocycles. The molecule has 3 aromatic carbocycles. The quantitative estimate of drug-likeness (QED) is 0.529. The van der Waals surface area contributed by atoms with Crippen LogP contribution in [0.1, 0.15) is 23.6 Å². The van der Waals surface area contributed by atoms with Crippen molar-refractivity contribution in [3.8, 4) is 17.2 Å². The lowest BCUT2D eigenvalue weighted by Gasteiger charge is -2.14. The number of hydrogen-bond donors (Lipinski definition) is 1. The molecule has 0 aliphatic rings. The van der Waals surface area contributed by atoms with E-state index in [4.69, 9.17) is 25.8 Å². The van der Waals surface area contributed by atoms with Crippen molar-refractivity contribution in [2.45, 2.75) is 26.6 Å². The summed E-state index contributed by atoms with van der Waals surface area (Å²) in [6.07, 6.45) is 0. The number of rotatable bonds is 10. The first kappa shape index (κ1) is 21.0. The third kappa shape index (κ3) is 6.14. The van der Waals surface area contributed by atoms with Crippen LogP contribution in [-0.2, 0) is 19.7 Å². The van der Waals surface area contributed by atoms with Crippen LogP contribution in [0.2, 0.25) is 5.02 Å². The number of ether oxygens (including phenoxy) is 3. The Hall–Kier alpha value is -2.69. The van der Waals surface area contributed by atoms with Crippen LogP contribution in [0, 0.1) is 0 Å². The van der Waals surface area contributed by atoms with Crippen LogP contribution in [0.4, 0.5) is 0 Å². The van der Waals surface area contributed by atoms with Crippen LogP contribution < -0.4 is 19.5 Å². The van der Waals surface area contributed by atoms with Crippen molar-refractivity contribution in [1.82, 2.24) is 0 Å². The molecule has 3 rings (SSSR count). The van der Waals surface area contributed by atoms with Crippen molar-refractivity contribution >= 4 is 11.6 Å². The van der Waals surface area contributed by atoms with Crippen LogP contribution in [0.5, 0.6) is 17.2 Å². The average Bonchev–Trinajstić information content (AvgIpc) is 2.75. The number of benzene rings is 3. The van der Waals surface area contributed by atoms with Gasteiger partial charge in [-0.05, 0) is 55.5 Å². The van der Waals surface area contributed by atoms with Gasteiger partial charge in [0.25, 0.3) is 0 Å². The second-order valence-electron chi connectivity index (χ2n) is 6.64. The average molecular weight is 413 g/mol. The molecule has 0 bridgehead atoms. The van der Waals surface area contributed by atoms with Crippen LogP contribution in [0.15, 0.2) is 66.7 Å². The van der Waals surface area contributed by atoms with Gasteiger partial charge in [-0.1, -0.05) is 29.8 Å². The number of nitrogens with two attached hydrogens (primary N) is 1. The highest BCUT2D eigenvalue weighted by atomic mass is 35.5. The molecule has 0 radical (unpaired) electrons. The Morgan fingerprint density at radius 3 is 2.28 bits per heavy atom. The highest BCUT2D eigenvalue weighted by Crippen LogP contribution is 2.30. The van der Waals surface area contributed by atoms with Crippen molar-refractivity contribution in [3.63, 3.8) is 0 Å². The van der Waals surface area contributed by atoms with Gasteiger partial charge in [-0.3, -0.25) is 0 Å². The molecule has 0 atom stereocenters. The Balaban J connectivity index is 1.59. The fraction of sp³-hybridized carbons (Fsp3) is 0.250. The minimum Gasteiger partial charge on any atom is -0.497 e. The molecule has 0 amide bonds. The number of hydrogen-bond acceptors (Lipinski definition) is 3. The van der Waals surface area contributed by atoms with Crippen LogP contribution in [-0.4, -0.2) is 13.7 Å². The second-order valence-corrected chi connectivity index (χ2v) is 7.05. The zero-order valence-corrected chi connectivity index (χ0v) is 17.6. The fourth-order valence-electron chi connectivity index (χ4n) is 3.01. The summed E-state index contributed by atoms with van der Waals surface area (Å²) in [7, 11) is 1.68. The zero-order valence-electron chi connectivity index (χ0n) is 16.9. The van der Waals surface area contributed by atoms with Gasteiger partial charge in [-0.2, -0.15) is 0 Å². The smallest absolute Gasteiger partial charge is 0.161 e. The van der Waals surface area contributed by atoms with Gasteiger partial charge in [-0.25, -0.2) is 0 Å². The molecular weight excluding hydrogens is 386 g/mol. The molecule has 2 N–H and O–H groups in total. The van der Waals surface area contributed by atoms with E-state index in [1.165, 1.54) is 11.1 Å². The summed E-state index contributed by atoms with van der Waals surface area (Å²) in [6, 6.07) is 22.0. The molecule has 3 aromatic rings. The maximum absolute atomic E-state index is 6.22. The van der Waals surface area contributed by atoms with Crippen LogP contribution in [0.25, 0.3) is 0 Å². The van der Waals surface area contributed by atoms with Crippen LogP contribution in [0.3, 0.4) is 0 Å². The zero-order chi connectivity index (χ0) is 20.5. The molecular formula is C24H27ClNO3+. The predicted molar refractivity (Wildman–Crippen MR) is 116 cm³/mol. The summed E-state index contributed by atoms with van der Waals surface area (Å²) in [5.41, 5.74) is 3.40. The standard InChI is InChI=1S/C24H26ClNO3/c1-3-28-24-14-19(16-26-15-18-8-11-21(27-2)12-9-18)10-13-23(24)29-17-20-6-4-5-7-22(20)25/h4-14,26H,3,15-17H2,1-2H3/p+1. The van der Waals surface area contributed by atoms with Gasteiger partial charge in [0.15, 0.2) is 11.5 Å². The van der Waals surface area contributed by atoms with Gasteiger partial charge in [0, 0.05) is 21.7 Å². The minimum atomic E-state index is 0.405. The Labute approximate surface area is 177 Å². The Morgan fingerprint density at radius 2 is 1.55 bits per heavy atom. The van der Waals surface area contributed by atoms with Crippen molar-refractivity contribution in [2.24, 2.45) is 0 Å². The number of methoxy groups -OCH3 is 1. The topological polar surface area (TPSA) is 44.3 Å². The molecule has 152 valence electrons. The van der Waals surface area contributed by atoms with Gasteiger partial charge in [-0.15, -0.1) is 0 Å². The summed E-state index contributed by atoms with van der Waals surface area (Å²) < 4.78 is 17.0. The molecule has 4 nitrogen and oxygen atoms in total. The Kier molecular flexibility index (Phi) is 7.79. The summed E-state index contributed by atoms with van der Waals surface area (Å²) in [5, 5.41) is 2.96. The van der Waals surface area contributed by atoms with E-state index in [0.29, 0.717) is 18.2 Å². The maximum Gasteiger partial charge on any atom is 0.161 e. The SMILES string of the molecule is CCOc1cc(C[NH2+]Cc2ccc(OC)cc2)ccc1OCc1ccccc1Cl. The van der Waals surface area contributed by atoms with E-state index in [0.717, 1.165) is 35.9 Å². The molecule has 29 heavy (non-hydrogen) atoms. The highest BCUT2D eigenvalue weighted by Gasteiger charge is 2.09. The van der Waals surface area contributed by atoms with Gasteiger partial charge in [0.05, 0.1) is 13.7 Å². The molecule has 5 heteroatoms. The highest BCUT2D eigenvalue weighted by molar-refractivity contribution is 6.31. The Morgan fingerprint density at radius 1 is 0.828 bits per heavy atom. The molecule has 0 saturated heterocycles. The Bertz CT molecular complexity index is 912. The van der Waals surface area contributed by atoms with E-state index in [-0.39, 0.29) is 0 Å². The first-order chi connectivity index (χ1) is 14.2. The van der Waals surface area contributed by atoms with Gasteiger partial charge in [0.1, 0.15) is 25.4 Å². The third-order valence-electron chi connectivity index (χ3n) is 4.57. The lowest BCUT2D eigenvalue weighted by Crippen LogP contribution is -2.80. The second kappa shape index (κ2) is 10.7. The van der Waals surface area contributed by atoms with Crippen LogP contribution >= 0.6 is 11.6 Å². The summed E-state index contributed by atoms with van der Waals surface area (Å²) in [6.45, 7) is 4.72. The summed E-state index contributed by atoms with van der Waals surface area (Å²) in [4.78, 5) is 0. The van der Waals surface area contributed by atoms with E-state index in [9.17, 15) is 0 Å². The normalized spacial score (nSPS) is 10.6. The van der Waals surface area contributed by atoms with Gasteiger partial charge < -0.3 is 19.5 Å². The maximum atomic E-state index is 6.22.